The summed E-state index contributed by atoms with van der Waals surface area (Å²) in [5.41, 5.74) is 0.559. The highest BCUT2D eigenvalue weighted by molar-refractivity contribution is 6.01. The predicted octanol–water partition coefficient (Wildman–Crippen LogP) is 3.16. The zero-order chi connectivity index (χ0) is 14.1. The number of carboxylic acids is 1. The maximum atomic E-state index is 12.1. The molecule has 1 aromatic heterocycles. The van der Waals surface area contributed by atoms with Crippen molar-refractivity contribution >= 4 is 16.9 Å². The highest BCUT2D eigenvalue weighted by Crippen LogP contribution is 2.24. The first kappa shape index (κ1) is 12.2. The average molecular weight is 266 g/mol. The van der Waals surface area contributed by atoms with E-state index in [0.717, 1.165) is 5.56 Å². The van der Waals surface area contributed by atoms with Gasteiger partial charge in [0.15, 0.2) is 11.0 Å². The van der Waals surface area contributed by atoms with Crippen LogP contribution in [0.15, 0.2) is 63.8 Å². The Hall–Kier alpha value is -2.88. The SMILES string of the molecule is O=C(O)c1cccc2c(=O)cc(-c3ccccc3)oc12. The van der Waals surface area contributed by atoms with Gasteiger partial charge in [-0.2, -0.15) is 0 Å². The first-order valence-corrected chi connectivity index (χ1v) is 6.02. The van der Waals surface area contributed by atoms with E-state index in [9.17, 15) is 14.7 Å². The van der Waals surface area contributed by atoms with E-state index in [2.05, 4.69) is 0 Å². The molecule has 0 bridgehead atoms. The van der Waals surface area contributed by atoms with Gasteiger partial charge in [0.2, 0.25) is 0 Å². The predicted molar refractivity (Wildman–Crippen MR) is 74.9 cm³/mol. The number of para-hydroxylation sites is 1. The molecule has 0 atom stereocenters. The molecule has 0 fully saturated rings. The smallest absolute Gasteiger partial charge is 0.339 e. The maximum Gasteiger partial charge on any atom is 0.339 e. The van der Waals surface area contributed by atoms with Crippen molar-refractivity contribution < 1.29 is 14.3 Å². The molecule has 4 heteroatoms. The number of carbonyl (C=O) groups is 1. The average Bonchev–Trinajstić information content (AvgIpc) is 2.47. The Morgan fingerprint density at radius 1 is 1.00 bits per heavy atom. The molecule has 0 unspecified atom stereocenters. The minimum absolute atomic E-state index is 0.0163. The summed E-state index contributed by atoms with van der Waals surface area (Å²) >= 11 is 0. The van der Waals surface area contributed by atoms with Crippen LogP contribution in [0.4, 0.5) is 0 Å². The van der Waals surface area contributed by atoms with Crippen LogP contribution in [0.2, 0.25) is 0 Å². The second-order valence-corrected chi connectivity index (χ2v) is 4.33. The zero-order valence-corrected chi connectivity index (χ0v) is 10.4. The van der Waals surface area contributed by atoms with E-state index in [-0.39, 0.29) is 22.0 Å². The Morgan fingerprint density at radius 2 is 1.75 bits per heavy atom. The number of aromatic carboxylic acids is 1. The second-order valence-electron chi connectivity index (χ2n) is 4.33. The van der Waals surface area contributed by atoms with Crippen LogP contribution in [-0.2, 0) is 0 Å². The molecule has 3 aromatic rings. The summed E-state index contributed by atoms with van der Waals surface area (Å²) in [4.78, 5) is 23.3. The lowest BCUT2D eigenvalue weighted by Gasteiger charge is -2.05. The molecular weight excluding hydrogens is 256 g/mol. The van der Waals surface area contributed by atoms with Crippen LogP contribution in [0, 0.1) is 0 Å². The first-order chi connectivity index (χ1) is 9.66. The van der Waals surface area contributed by atoms with Crippen LogP contribution < -0.4 is 5.43 Å². The van der Waals surface area contributed by atoms with Gasteiger partial charge in [-0.3, -0.25) is 4.79 Å². The molecule has 0 aliphatic heterocycles. The Labute approximate surface area is 113 Å². The van der Waals surface area contributed by atoms with E-state index in [1.54, 1.807) is 18.2 Å². The fraction of sp³-hybridized carbons (Fsp3) is 0. The zero-order valence-electron chi connectivity index (χ0n) is 10.4. The molecule has 0 aliphatic carbocycles. The Bertz CT molecular complexity index is 847. The van der Waals surface area contributed by atoms with Gasteiger partial charge in [-0.25, -0.2) is 4.79 Å². The second kappa shape index (κ2) is 4.66. The van der Waals surface area contributed by atoms with Crippen LogP contribution in [0.25, 0.3) is 22.3 Å². The summed E-state index contributed by atoms with van der Waals surface area (Å²) in [6, 6.07) is 15.0. The molecule has 0 amide bonds. The molecule has 1 heterocycles. The minimum Gasteiger partial charge on any atom is -0.478 e. The Kier molecular flexibility index (Phi) is 2.84. The van der Waals surface area contributed by atoms with Crippen molar-refractivity contribution in [2.75, 3.05) is 0 Å². The van der Waals surface area contributed by atoms with E-state index >= 15 is 0 Å². The van der Waals surface area contributed by atoms with E-state index < -0.39 is 5.97 Å². The summed E-state index contributed by atoms with van der Waals surface area (Å²) in [7, 11) is 0. The molecule has 20 heavy (non-hydrogen) atoms. The van der Waals surface area contributed by atoms with E-state index in [1.807, 2.05) is 18.2 Å². The summed E-state index contributed by atoms with van der Waals surface area (Å²) in [5.74, 6) is -0.763. The number of hydrogen-bond donors (Lipinski definition) is 1. The highest BCUT2D eigenvalue weighted by Gasteiger charge is 2.14. The van der Waals surface area contributed by atoms with Gasteiger partial charge in [-0.15, -0.1) is 0 Å². The minimum atomic E-state index is -1.12. The summed E-state index contributed by atoms with van der Waals surface area (Å²) in [6.07, 6.45) is 0. The van der Waals surface area contributed by atoms with Gasteiger partial charge in [0.1, 0.15) is 11.3 Å². The number of benzene rings is 2. The molecule has 0 saturated heterocycles. The van der Waals surface area contributed by atoms with Gasteiger partial charge >= 0.3 is 5.97 Å². The van der Waals surface area contributed by atoms with Crippen molar-refractivity contribution in [3.05, 3.63) is 70.4 Å². The molecule has 0 spiro atoms. The first-order valence-electron chi connectivity index (χ1n) is 6.02. The van der Waals surface area contributed by atoms with Crippen molar-refractivity contribution in [3.8, 4) is 11.3 Å². The quantitative estimate of drug-likeness (QED) is 0.773. The third-order valence-electron chi connectivity index (χ3n) is 3.04. The van der Waals surface area contributed by atoms with Crippen molar-refractivity contribution in [3.63, 3.8) is 0 Å². The monoisotopic (exact) mass is 266 g/mol. The fourth-order valence-corrected chi connectivity index (χ4v) is 2.09. The molecule has 98 valence electrons. The van der Waals surface area contributed by atoms with Crippen LogP contribution in [-0.4, -0.2) is 11.1 Å². The van der Waals surface area contributed by atoms with E-state index in [4.69, 9.17) is 4.42 Å². The van der Waals surface area contributed by atoms with Gasteiger partial charge in [-0.1, -0.05) is 36.4 Å². The topological polar surface area (TPSA) is 67.5 Å². The molecule has 0 saturated carbocycles. The number of rotatable bonds is 2. The molecule has 3 rings (SSSR count). The van der Waals surface area contributed by atoms with Crippen LogP contribution in [0.5, 0.6) is 0 Å². The molecule has 1 N–H and O–H groups in total. The van der Waals surface area contributed by atoms with Gasteiger partial charge in [0.05, 0.1) is 5.39 Å². The Morgan fingerprint density at radius 3 is 2.45 bits per heavy atom. The van der Waals surface area contributed by atoms with Crippen molar-refractivity contribution in [2.24, 2.45) is 0 Å². The Balaban J connectivity index is 2.36. The van der Waals surface area contributed by atoms with Crippen LogP contribution >= 0.6 is 0 Å². The van der Waals surface area contributed by atoms with Crippen molar-refractivity contribution in [1.82, 2.24) is 0 Å². The fourth-order valence-electron chi connectivity index (χ4n) is 2.09. The number of hydrogen-bond acceptors (Lipinski definition) is 3. The van der Waals surface area contributed by atoms with E-state index in [1.165, 1.54) is 18.2 Å². The molecule has 0 radical (unpaired) electrons. The third-order valence-corrected chi connectivity index (χ3v) is 3.04. The van der Waals surface area contributed by atoms with Gasteiger partial charge < -0.3 is 9.52 Å². The summed E-state index contributed by atoms with van der Waals surface area (Å²) in [6.45, 7) is 0. The maximum absolute atomic E-state index is 12.1. The third kappa shape index (κ3) is 1.97. The van der Waals surface area contributed by atoms with Crippen molar-refractivity contribution in [2.45, 2.75) is 0 Å². The van der Waals surface area contributed by atoms with Gasteiger partial charge in [0.25, 0.3) is 0 Å². The van der Waals surface area contributed by atoms with Crippen molar-refractivity contribution in [1.29, 1.82) is 0 Å². The molecule has 0 aliphatic rings. The summed E-state index contributed by atoms with van der Waals surface area (Å²) < 4.78 is 5.64. The van der Waals surface area contributed by atoms with Crippen LogP contribution in [0.3, 0.4) is 0 Å². The van der Waals surface area contributed by atoms with Gasteiger partial charge in [-0.05, 0) is 12.1 Å². The number of carboxylic acid groups (broad SMARTS) is 1. The van der Waals surface area contributed by atoms with Gasteiger partial charge in [0, 0.05) is 11.6 Å². The normalized spacial score (nSPS) is 10.6. The summed E-state index contributed by atoms with van der Waals surface area (Å²) in [5, 5.41) is 9.44. The lowest BCUT2D eigenvalue weighted by Crippen LogP contribution is -2.04. The molecular formula is C16H10O4. The molecule has 2 aromatic carbocycles. The largest absolute Gasteiger partial charge is 0.478 e. The number of fused-ring (bicyclic) bond motifs is 1. The molecule has 4 nitrogen and oxygen atoms in total. The van der Waals surface area contributed by atoms with E-state index in [0.29, 0.717) is 5.76 Å². The lowest BCUT2D eigenvalue weighted by atomic mass is 10.1. The highest BCUT2D eigenvalue weighted by atomic mass is 16.4. The standard InChI is InChI=1S/C16H10O4/c17-13-9-14(10-5-2-1-3-6-10)20-15-11(13)7-4-8-12(15)16(18)19/h1-9H,(H,18,19). The van der Waals surface area contributed by atoms with Crippen LogP contribution in [0.1, 0.15) is 10.4 Å². The lowest BCUT2D eigenvalue weighted by molar-refractivity contribution is 0.0698.